The lowest BCUT2D eigenvalue weighted by molar-refractivity contribution is 0.0730. The molecule has 2 heterocycles. The minimum atomic E-state index is 0.0449. The van der Waals surface area contributed by atoms with Crippen LogP contribution in [0, 0.1) is 0 Å². The van der Waals surface area contributed by atoms with E-state index in [1.165, 1.54) is 0 Å². The molecule has 1 amide bonds. The number of hydrogen-bond acceptors (Lipinski definition) is 2. The van der Waals surface area contributed by atoms with Crippen LogP contribution in [-0.2, 0) is 20.0 Å². The van der Waals surface area contributed by atoms with E-state index in [1.807, 2.05) is 16.5 Å². The molecule has 4 nitrogen and oxygen atoms in total. The van der Waals surface area contributed by atoms with E-state index in [0.29, 0.717) is 23.7 Å². The van der Waals surface area contributed by atoms with Crippen LogP contribution in [0.5, 0.6) is 0 Å². The molecule has 19 heavy (non-hydrogen) atoms. The zero-order valence-electron chi connectivity index (χ0n) is 10.6. The maximum Gasteiger partial charge on any atom is 0.254 e. The average Bonchev–Trinajstić information content (AvgIpc) is 2.80. The molecule has 0 aliphatic carbocycles. The van der Waals surface area contributed by atoms with Crippen LogP contribution < -0.4 is 0 Å². The van der Waals surface area contributed by atoms with Gasteiger partial charge in [0.25, 0.3) is 5.91 Å². The van der Waals surface area contributed by atoms with Gasteiger partial charge in [-0.15, -0.1) is 0 Å². The molecule has 1 aliphatic heterocycles. The first kappa shape index (κ1) is 12.2. The lowest BCUT2D eigenvalue weighted by Gasteiger charge is -2.27. The van der Waals surface area contributed by atoms with Crippen molar-refractivity contribution >= 4 is 17.5 Å². The summed E-state index contributed by atoms with van der Waals surface area (Å²) in [6.45, 7) is 1.33. The normalized spacial score (nSPS) is 14.3. The van der Waals surface area contributed by atoms with Crippen LogP contribution >= 0.6 is 11.6 Å². The Morgan fingerprint density at radius 2 is 2.05 bits per heavy atom. The van der Waals surface area contributed by atoms with Crippen LogP contribution in [0.1, 0.15) is 21.7 Å². The van der Waals surface area contributed by atoms with E-state index in [4.69, 9.17) is 11.6 Å². The van der Waals surface area contributed by atoms with Gasteiger partial charge < -0.3 is 9.47 Å². The SMILES string of the molecule is Cn1cnc2c1CN(C(=O)c1ccc(Cl)cc1)CC2. The van der Waals surface area contributed by atoms with Crippen molar-refractivity contribution in [3.63, 3.8) is 0 Å². The van der Waals surface area contributed by atoms with Crippen LogP contribution in [0.3, 0.4) is 0 Å². The topological polar surface area (TPSA) is 38.1 Å². The highest BCUT2D eigenvalue weighted by Crippen LogP contribution is 2.19. The molecule has 0 saturated heterocycles. The van der Waals surface area contributed by atoms with E-state index < -0.39 is 0 Å². The third-order valence-corrected chi connectivity index (χ3v) is 3.74. The Kier molecular flexibility index (Phi) is 3.03. The van der Waals surface area contributed by atoms with Crippen molar-refractivity contribution in [2.24, 2.45) is 7.05 Å². The number of imidazole rings is 1. The van der Waals surface area contributed by atoms with E-state index in [1.54, 1.807) is 30.6 Å². The van der Waals surface area contributed by atoms with Gasteiger partial charge in [-0.05, 0) is 24.3 Å². The summed E-state index contributed by atoms with van der Waals surface area (Å²) in [5.74, 6) is 0.0449. The number of benzene rings is 1. The Morgan fingerprint density at radius 3 is 2.79 bits per heavy atom. The standard InChI is InChI=1S/C14H14ClN3O/c1-17-9-16-12-6-7-18(8-13(12)17)14(19)10-2-4-11(15)5-3-10/h2-5,9H,6-8H2,1H3. The van der Waals surface area contributed by atoms with Gasteiger partial charge in [0.15, 0.2) is 0 Å². The van der Waals surface area contributed by atoms with Gasteiger partial charge >= 0.3 is 0 Å². The predicted molar refractivity (Wildman–Crippen MR) is 73.1 cm³/mol. The summed E-state index contributed by atoms with van der Waals surface area (Å²) in [5.41, 5.74) is 2.89. The van der Waals surface area contributed by atoms with Crippen molar-refractivity contribution in [1.29, 1.82) is 0 Å². The monoisotopic (exact) mass is 275 g/mol. The van der Waals surface area contributed by atoms with Crippen molar-refractivity contribution < 1.29 is 4.79 Å². The van der Waals surface area contributed by atoms with Crippen LogP contribution in [0.15, 0.2) is 30.6 Å². The Hall–Kier alpha value is -1.81. The predicted octanol–water partition coefficient (Wildman–Crippen LogP) is 2.27. The van der Waals surface area contributed by atoms with Gasteiger partial charge in [0.1, 0.15) is 0 Å². The van der Waals surface area contributed by atoms with Gasteiger partial charge in [-0.25, -0.2) is 4.98 Å². The molecule has 1 aromatic carbocycles. The van der Waals surface area contributed by atoms with E-state index in [0.717, 1.165) is 17.8 Å². The molecule has 0 N–H and O–H groups in total. The van der Waals surface area contributed by atoms with E-state index >= 15 is 0 Å². The third-order valence-electron chi connectivity index (χ3n) is 3.48. The summed E-state index contributed by atoms with van der Waals surface area (Å²) in [6.07, 6.45) is 2.62. The lowest BCUT2D eigenvalue weighted by Crippen LogP contribution is -2.36. The molecule has 2 aromatic rings. The first-order valence-electron chi connectivity index (χ1n) is 6.19. The number of fused-ring (bicyclic) bond motifs is 1. The highest BCUT2D eigenvalue weighted by atomic mass is 35.5. The fourth-order valence-corrected chi connectivity index (χ4v) is 2.49. The summed E-state index contributed by atoms with van der Waals surface area (Å²) in [7, 11) is 1.96. The van der Waals surface area contributed by atoms with Crippen molar-refractivity contribution in [2.75, 3.05) is 6.54 Å². The van der Waals surface area contributed by atoms with Gasteiger partial charge in [0, 0.05) is 30.6 Å². The molecular formula is C14H14ClN3O. The zero-order chi connectivity index (χ0) is 13.4. The number of halogens is 1. The third kappa shape index (κ3) is 2.24. The number of aromatic nitrogens is 2. The van der Waals surface area contributed by atoms with Crippen LogP contribution in [0.2, 0.25) is 5.02 Å². The first-order valence-corrected chi connectivity index (χ1v) is 6.57. The molecule has 0 radical (unpaired) electrons. The molecule has 0 atom stereocenters. The van der Waals surface area contributed by atoms with Gasteiger partial charge in [-0.1, -0.05) is 11.6 Å². The molecule has 0 fully saturated rings. The summed E-state index contributed by atoms with van der Waals surface area (Å²) in [4.78, 5) is 18.6. The van der Waals surface area contributed by atoms with E-state index in [9.17, 15) is 4.79 Å². The minimum absolute atomic E-state index is 0.0449. The zero-order valence-corrected chi connectivity index (χ0v) is 11.4. The Morgan fingerprint density at radius 1 is 1.32 bits per heavy atom. The van der Waals surface area contributed by atoms with Gasteiger partial charge in [0.05, 0.1) is 24.3 Å². The maximum absolute atomic E-state index is 12.4. The molecule has 0 bridgehead atoms. The minimum Gasteiger partial charge on any atom is -0.336 e. The second kappa shape index (κ2) is 4.70. The quantitative estimate of drug-likeness (QED) is 0.801. The molecule has 1 aromatic heterocycles. The average molecular weight is 276 g/mol. The molecule has 3 rings (SSSR count). The van der Waals surface area contributed by atoms with Gasteiger partial charge in [-0.2, -0.15) is 0 Å². The van der Waals surface area contributed by atoms with E-state index in [-0.39, 0.29) is 5.91 Å². The van der Waals surface area contributed by atoms with Crippen LogP contribution in [-0.4, -0.2) is 26.9 Å². The number of carbonyl (C=O) groups excluding carboxylic acids is 1. The molecular weight excluding hydrogens is 262 g/mol. The number of hydrogen-bond donors (Lipinski definition) is 0. The summed E-state index contributed by atoms with van der Waals surface area (Å²) in [6, 6.07) is 7.02. The number of rotatable bonds is 1. The Labute approximate surface area is 116 Å². The van der Waals surface area contributed by atoms with Crippen molar-refractivity contribution in [3.8, 4) is 0 Å². The first-order chi connectivity index (χ1) is 9.15. The Balaban J connectivity index is 1.83. The highest BCUT2D eigenvalue weighted by molar-refractivity contribution is 6.30. The molecule has 5 heteroatoms. The molecule has 0 saturated carbocycles. The number of nitrogens with zero attached hydrogens (tertiary/aromatic N) is 3. The van der Waals surface area contributed by atoms with Crippen molar-refractivity contribution in [1.82, 2.24) is 14.5 Å². The van der Waals surface area contributed by atoms with Crippen LogP contribution in [0.25, 0.3) is 0 Å². The lowest BCUT2D eigenvalue weighted by atomic mass is 10.1. The number of carbonyl (C=O) groups is 1. The summed E-state index contributed by atoms with van der Waals surface area (Å²) >= 11 is 5.84. The smallest absolute Gasteiger partial charge is 0.254 e. The highest BCUT2D eigenvalue weighted by Gasteiger charge is 2.24. The molecule has 0 spiro atoms. The van der Waals surface area contributed by atoms with Crippen molar-refractivity contribution in [2.45, 2.75) is 13.0 Å². The fraction of sp³-hybridized carbons (Fsp3) is 0.286. The second-order valence-electron chi connectivity index (χ2n) is 4.73. The maximum atomic E-state index is 12.4. The number of aryl methyl sites for hydroxylation is 1. The van der Waals surface area contributed by atoms with Gasteiger partial charge in [-0.3, -0.25) is 4.79 Å². The Bertz CT molecular complexity index is 618. The van der Waals surface area contributed by atoms with Gasteiger partial charge in [0.2, 0.25) is 0 Å². The number of amides is 1. The summed E-state index contributed by atoms with van der Waals surface area (Å²) in [5, 5.41) is 0.643. The molecule has 0 unspecified atom stereocenters. The molecule has 98 valence electrons. The fourth-order valence-electron chi connectivity index (χ4n) is 2.36. The largest absolute Gasteiger partial charge is 0.336 e. The van der Waals surface area contributed by atoms with E-state index in [2.05, 4.69) is 4.98 Å². The molecule has 1 aliphatic rings. The van der Waals surface area contributed by atoms with Crippen LogP contribution in [0.4, 0.5) is 0 Å². The van der Waals surface area contributed by atoms with Crippen molar-refractivity contribution in [3.05, 3.63) is 52.6 Å². The second-order valence-corrected chi connectivity index (χ2v) is 5.17. The summed E-state index contributed by atoms with van der Waals surface area (Å²) < 4.78 is 1.98.